The molecule has 41 heavy (non-hydrogen) atoms. The van der Waals surface area contributed by atoms with Gasteiger partial charge < -0.3 is 19.6 Å². The molecule has 1 fully saturated rings. The van der Waals surface area contributed by atoms with Crippen LogP contribution in [0.1, 0.15) is 39.0 Å². The minimum atomic E-state index is -2.82. The standard InChI is InChI=1S/C30H37N3O5S2Si/c1-30(2,3)41(23-13-7-5-8-14-23,24-15-9-6-10-16-24)37-20-26-25(36-21-40-39-4)18-27(38-26)33-19-22(12-11-17-31)28(34)32-29(33)35/h5-10,13-16,19,25-27H,17-18,20-21,31H2,1-4H3,(H,32,34,35)/t25-,26+,27+/m0/s1. The fraction of sp³-hybridized carbons (Fsp3) is 0.400. The predicted octanol–water partition coefficient (Wildman–Crippen LogP) is 3.06. The normalized spacial score (nSPS) is 19.1. The maximum atomic E-state index is 12.8. The molecule has 1 aliphatic rings. The Kier molecular flexibility index (Phi) is 10.8. The number of hydrogen-bond donors (Lipinski definition) is 2. The molecule has 0 unspecified atom stereocenters. The van der Waals surface area contributed by atoms with Crippen molar-refractivity contribution in [2.24, 2.45) is 5.73 Å². The van der Waals surface area contributed by atoms with Gasteiger partial charge in [0.05, 0.1) is 19.3 Å². The maximum Gasteiger partial charge on any atom is 0.330 e. The van der Waals surface area contributed by atoms with Gasteiger partial charge in [0.2, 0.25) is 0 Å². The first-order chi connectivity index (χ1) is 19.7. The first-order valence-electron chi connectivity index (χ1n) is 13.4. The largest absolute Gasteiger partial charge is 0.405 e. The molecule has 3 N–H and O–H groups in total. The molecule has 2 aromatic carbocycles. The van der Waals surface area contributed by atoms with Gasteiger partial charge in [0.25, 0.3) is 13.9 Å². The summed E-state index contributed by atoms with van der Waals surface area (Å²) in [6.07, 6.45) is 2.43. The zero-order valence-electron chi connectivity index (χ0n) is 23.8. The van der Waals surface area contributed by atoms with Gasteiger partial charge in [-0.25, -0.2) is 4.79 Å². The smallest absolute Gasteiger partial charge is 0.330 e. The third-order valence-electron chi connectivity index (χ3n) is 7.11. The molecule has 1 saturated heterocycles. The van der Waals surface area contributed by atoms with E-state index in [2.05, 4.69) is 86.1 Å². The average Bonchev–Trinajstić information content (AvgIpc) is 3.36. The second kappa shape index (κ2) is 14.1. The Bertz CT molecular complexity index is 1430. The Morgan fingerprint density at radius 1 is 1.10 bits per heavy atom. The summed E-state index contributed by atoms with van der Waals surface area (Å²) in [4.78, 5) is 27.5. The quantitative estimate of drug-likeness (QED) is 0.118. The summed E-state index contributed by atoms with van der Waals surface area (Å²) >= 11 is 0. The van der Waals surface area contributed by atoms with Gasteiger partial charge >= 0.3 is 5.69 Å². The fourth-order valence-corrected chi connectivity index (χ4v) is 10.6. The minimum absolute atomic E-state index is 0.100. The number of aromatic amines is 1. The van der Waals surface area contributed by atoms with E-state index in [9.17, 15) is 9.59 Å². The molecule has 11 heteroatoms. The molecule has 0 bridgehead atoms. The molecule has 3 atom stereocenters. The van der Waals surface area contributed by atoms with E-state index in [1.54, 1.807) is 21.6 Å². The first-order valence-corrected chi connectivity index (χ1v) is 18.1. The molecular formula is C30H37N3O5S2Si. The second-order valence-electron chi connectivity index (χ2n) is 10.7. The molecule has 0 spiro atoms. The Hall–Kier alpha value is -2.56. The fourth-order valence-electron chi connectivity index (χ4n) is 5.26. The van der Waals surface area contributed by atoms with Crippen LogP contribution in [0.4, 0.5) is 0 Å². The Morgan fingerprint density at radius 2 is 1.73 bits per heavy atom. The van der Waals surface area contributed by atoms with Crippen molar-refractivity contribution in [3.05, 3.63) is 93.3 Å². The van der Waals surface area contributed by atoms with Crippen molar-refractivity contribution in [2.75, 3.05) is 25.3 Å². The summed E-state index contributed by atoms with van der Waals surface area (Å²) in [5.41, 5.74) is 4.52. The van der Waals surface area contributed by atoms with Crippen molar-refractivity contribution in [3.8, 4) is 11.8 Å². The molecule has 3 aromatic rings. The Balaban J connectivity index is 1.69. The zero-order chi connectivity index (χ0) is 29.5. The van der Waals surface area contributed by atoms with E-state index in [0.717, 1.165) is 0 Å². The molecule has 0 saturated carbocycles. The molecule has 1 aliphatic heterocycles. The van der Waals surface area contributed by atoms with E-state index < -0.39 is 31.9 Å². The summed E-state index contributed by atoms with van der Waals surface area (Å²) in [5, 5.41) is 2.14. The maximum absolute atomic E-state index is 12.8. The van der Waals surface area contributed by atoms with Crippen LogP contribution < -0.4 is 27.4 Å². The van der Waals surface area contributed by atoms with Crippen LogP contribution in [0.25, 0.3) is 0 Å². The van der Waals surface area contributed by atoms with E-state index in [4.69, 9.17) is 19.6 Å². The van der Waals surface area contributed by atoms with Crippen molar-refractivity contribution < 1.29 is 13.9 Å². The van der Waals surface area contributed by atoms with Gasteiger partial charge in [-0.3, -0.25) is 14.3 Å². The topological polar surface area (TPSA) is 109 Å². The minimum Gasteiger partial charge on any atom is -0.405 e. The lowest BCUT2D eigenvalue weighted by Crippen LogP contribution is -2.67. The van der Waals surface area contributed by atoms with Crippen molar-refractivity contribution in [2.45, 2.75) is 50.7 Å². The summed E-state index contributed by atoms with van der Waals surface area (Å²) in [5.74, 6) is 5.87. The monoisotopic (exact) mass is 611 g/mol. The van der Waals surface area contributed by atoms with Gasteiger partial charge in [-0.2, -0.15) is 0 Å². The van der Waals surface area contributed by atoms with Crippen LogP contribution in [0.15, 0.2) is 76.4 Å². The molecular weight excluding hydrogens is 575 g/mol. The van der Waals surface area contributed by atoms with Crippen molar-refractivity contribution in [1.82, 2.24) is 9.55 Å². The van der Waals surface area contributed by atoms with Crippen molar-refractivity contribution in [1.29, 1.82) is 0 Å². The highest BCUT2D eigenvalue weighted by Gasteiger charge is 2.51. The third-order valence-corrected chi connectivity index (χ3v) is 13.6. The molecule has 1 aromatic heterocycles. The second-order valence-corrected chi connectivity index (χ2v) is 17.5. The number of H-pyrrole nitrogens is 1. The van der Waals surface area contributed by atoms with Crippen LogP contribution in [0.3, 0.4) is 0 Å². The number of nitrogens with one attached hydrogen (secondary N) is 1. The number of benzene rings is 2. The highest BCUT2D eigenvalue weighted by atomic mass is 33.1. The Labute approximate surface area is 249 Å². The Morgan fingerprint density at radius 3 is 2.29 bits per heavy atom. The molecule has 0 radical (unpaired) electrons. The van der Waals surface area contributed by atoms with Crippen LogP contribution in [0, 0.1) is 11.8 Å². The molecule has 0 amide bonds. The number of nitrogens with zero attached hydrogens (tertiary/aromatic N) is 1. The lowest BCUT2D eigenvalue weighted by Gasteiger charge is -2.43. The van der Waals surface area contributed by atoms with Crippen LogP contribution in [0.5, 0.6) is 0 Å². The third kappa shape index (κ3) is 7.09. The highest BCUT2D eigenvalue weighted by molar-refractivity contribution is 8.76. The van der Waals surface area contributed by atoms with Gasteiger partial charge in [0, 0.05) is 12.6 Å². The molecule has 0 aliphatic carbocycles. The van der Waals surface area contributed by atoms with Crippen LogP contribution in [0.2, 0.25) is 5.04 Å². The van der Waals surface area contributed by atoms with Gasteiger partial charge in [-0.15, -0.1) is 0 Å². The predicted molar refractivity (Wildman–Crippen MR) is 170 cm³/mol. The lowest BCUT2D eigenvalue weighted by atomic mass is 10.2. The molecule has 2 heterocycles. The van der Waals surface area contributed by atoms with Crippen molar-refractivity contribution in [3.63, 3.8) is 0 Å². The summed E-state index contributed by atoms with van der Waals surface area (Å²) in [6.45, 7) is 7.05. The number of nitrogens with two attached hydrogens (primary N) is 1. The van der Waals surface area contributed by atoms with E-state index in [1.807, 2.05) is 18.4 Å². The molecule has 4 rings (SSSR count). The number of aromatic nitrogens is 2. The van der Waals surface area contributed by atoms with Gasteiger partial charge in [0.1, 0.15) is 23.8 Å². The van der Waals surface area contributed by atoms with Crippen LogP contribution in [-0.4, -0.2) is 55.4 Å². The number of ether oxygens (including phenoxy) is 2. The summed E-state index contributed by atoms with van der Waals surface area (Å²) in [7, 11) is 0.392. The number of hydrogen-bond acceptors (Lipinski definition) is 8. The van der Waals surface area contributed by atoms with E-state index in [1.165, 1.54) is 21.1 Å². The molecule has 218 valence electrons. The highest BCUT2D eigenvalue weighted by Crippen LogP contribution is 2.38. The van der Waals surface area contributed by atoms with E-state index >= 15 is 0 Å². The SMILES string of the molecule is CSSCO[C@H]1C[C@H](n2cc(C#CCN)c(=O)[nH]c2=O)O[C@@H]1CO[Si](c1ccccc1)(c1ccccc1)C(C)(C)C. The lowest BCUT2D eigenvalue weighted by molar-refractivity contribution is -0.0522. The van der Waals surface area contributed by atoms with Gasteiger partial charge in [-0.05, 0) is 21.7 Å². The van der Waals surface area contributed by atoms with Gasteiger partial charge in [0.15, 0.2) is 0 Å². The van der Waals surface area contributed by atoms with Crippen LogP contribution >= 0.6 is 21.6 Å². The summed E-state index contributed by atoms with van der Waals surface area (Å²) < 4.78 is 21.2. The van der Waals surface area contributed by atoms with E-state index in [0.29, 0.717) is 12.4 Å². The molecule has 8 nitrogen and oxygen atoms in total. The van der Waals surface area contributed by atoms with Gasteiger partial charge in [-0.1, -0.05) is 115 Å². The van der Waals surface area contributed by atoms with E-state index in [-0.39, 0.29) is 29.9 Å². The summed E-state index contributed by atoms with van der Waals surface area (Å²) in [6, 6.07) is 20.8. The first kappa shape index (κ1) is 31.4. The van der Waals surface area contributed by atoms with Crippen LogP contribution in [-0.2, 0) is 13.9 Å². The van der Waals surface area contributed by atoms with Crippen molar-refractivity contribution >= 4 is 40.3 Å². The average molecular weight is 612 g/mol. The number of rotatable bonds is 10. The zero-order valence-corrected chi connectivity index (χ0v) is 26.4.